The summed E-state index contributed by atoms with van der Waals surface area (Å²) in [6.45, 7) is 1.83. The molecule has 0 atom stereocenters. The first-order chi connectivity index (χ1) is 13.8. The van der Waals surface area contributed by atoms with Crippen molar-refractivity contribution in [2.75, 3.05) is 38.0 Å². The van der Waals surface area contributed by atoms with Crippen molar-refractivity contribution in [3.05, 3.63) is 69.0 Å². The summed E-state index contributed by atoms with van der Waals surface area (Å²) in [6.07, 6.45) is 0. The number of benzene rings is 2. The second-order valence-electron chi connectivity index (χ2n) is 6.54. The summed E-state index contributed by atoms with van der Waals surface area (Å²) in [5.41, 5.74) is 0.211. The zero-order chi connectivity index (χ0) is 21.0. The minimum Gasteiger partial charge on any atom is -0.336 e. The van der Waals surface area contributed by atoms with Gasteiger partial charge >= 0.3 is 0 Å². The zero-order valence-electron chi connectivity index (χ0n) is 15.3. The summed E-state index contributed by atoms with van der Waals surface area (Å²) in [7, 11) is 0. The maximum atomic E-state index is 13.0. The highest BCUT2D eigenvalue weighted by Gasteiger charge is 2.24. The van der Waals surface area contributed by atoms with E-state index in [1.54, 1.807) is 4.90 Å². The van der Waals surface area contributed by atoms with Crippen LogP contribution in [0.2, 0.25) is 5.02 Å². The first-order valence-corrected chi connectivity index (χ1v) is 9.22. The molecule has 1 aliphatic rings. The van der Waals surface area contributed by atoms with Gasteiger partial charge in [0, 0.05) is 42.8 Å². The topological polar surface area (TPSA) is 95.8 Å². The van der Waals surface area contributed by atoms with Gasteiger partial charge in [0.2, 0.25) is 5.91 Å². The number of carbonyl (C=O) groups excluding carboxylic acids is 2. The fourth-order valence-corrected chi connectivity index (χ4v) is 3.20. The van der Waals surface area contributed by atoms with E-state index in [0.717, 1.165) is 0 Å². The van der Waals surface area contributed by atoms with Crippen LogP contribution in [0.4, 0.5) is 15.8 Å². The maximum Gasteiger partial charge on any atom is 0.294 e. The molecule has 152 valence electrons. The molecule has 2 aromatic carbocycles. The van der Waals surface area contributed by atoms with E-state index in [1.807, 2.05) is 4.90 Å². The van der Waals surface area contributed by atoms with E-state index in [2.05, 4.69) is 5.32 Å². The molecule has 3 rings (SSSR count). The molecule has 1 aliphatic heterocycles. The van der Waals surface area contributed by atoms with Crippen LogP contribution in [0.5, 0.6) is 0 Å². The number of piperazine rings is 1. The van der Waals surface area contributed by atoms with Crippen LogP contribution in [0.25, 0.3) is 0 Å². The number of nitrogens with one attached hydrogen (secondary N) is 1. The fraction of sp³-hybridized carbons (Fsp3) is 0.263. The minimum atomic E-state index is -0.610. The predicted octanol–water partition coefficient (Wildman–Crippen LogP) is 2.78. The Kier molecular flexibility index (Phi) is 6.40. The first-order valence-electron chi connectivity index (χ1n) is 8.84. The molecule has 10 heteroatoms. The smallest absolute Gasteiger partial charge is 0.294 e. The van der Waals surface area contributed by atoms with Gasteiger partial charge < -0.3 is 10.2 Å². The molecule has 0 radical (unpaired) electrons. The Morgan fingerprint density at radius 1 is 1.10 bits per heavy atom. The lowest BCUT2D eigenvalue weighted by atomic mass is 10.2. The molecule has 0 aromatic heterocycles. The number of amides is 2. The summed E-state index contributed by atoms with van der Waals surface area (Å²) in [5.74, 6) is -0.988. The van der Waals surface area contributed by atoms with Crippen molar-refractivity contribution in [2.24, 2.45) is 0 Å². The van der Waals surface area contributed by atoms with Crippen LogP contribution in [-0.2, 0) is 4.79 Å². The van der Waals surface area contributed by atoms with Crippen molar-refractivity contribution < 1.29 is 18.9 Å². The molecule has 0 saturated carbocycles. The summed E-state index contributed by atoms with van der Waals surface area (Å²) in [5, 5.41) is 13.8. The minimum absolute atomic E-state index is 0.0400. The Balaban J connectivity index is 1.53. The van der Waals surface area contributed by atoms with Gasteiger partial charge in [0.15, 0.2) is 0 Å². The van der Waals surface area contributed by atoms with Crippen molar-refractivity contribution >= 4 is 34.8 Å². The Labute approximate surface area is 171 Å². The molecule has 0 bridgehead atoms. The lowest BCUT2D eigenvalue weighted by molar-refractivity contribution is -0.383. The largest absolute Gasteiger partial charge is 0.336 e. The molecule has 0 spiro atoms. The highest BCUT2D eigenvalue weighted by Crippen LogP contribution is 2.27. The van der Waals surface area contributed by atoms with Gasteiger partial charge in [-0.25, -0.2) is 4.39 Å². The fourth-order valence-electron chi connectivity index (χ4n) is 3.04. The maximum absolute atomic E-state index is 13.0. The lowest BCUT2D eigenvalue weighted by Gasteiger charge is -2.34. The summed E-state index contributed by atoms with van der Waals surface area (Å²) in [6, 6.07) is 9.39. The van der Waals surface area contributed by atoms with E-state index < -0.39 is 16.6 Å². The molecule has 2 aromatic rings. The Bertz CT molecular complexity index is 930. The summed E-state index contributed by atoms with van der Waals surface area (Å²) >= 11 is 5.77. The average molecular weight is 421 g/mol. The van der Waals surface area contributed by atoms with E-state index >= 15 is 0 Å². The van der Waals surface area contributed by atoms with Crippen molar-refractivity contribution in [2.45, 2.75) is 0 Å². The Hall–Kier alpha value is -3.04. The van der Waals surface area contributed by atoms with Crippen LogP contribution in [0, 0.1) is 15.9 Å². The van der Waals surface area contributed by atoms with E-state index in [0.29, 0.717) is 31.7 Å². The van der Waals surface area contributed by atoms with Crippen LogP contribution in [0.1, 0.15) is 10.4 Å². The van der Waals surface area contributed by atoms with Crippen molar-refractivity contribution in [1.82, 2.24) is 9.80 Å². The highest BCUT2D eigenvalue weighted by molar-refractivity contribution is 6.31. The third kappa shape index (κ3) is 5.27. The van der Waals surface area contributed by atoms with E-state index in [9.17, 15) is 24.1 Å². The molecule has 1 N–H and O–H groups in total. The molecule has 1 heterocycles. The molecule has 29 heavy (non-hydrogen) atoms. The number of anilines is 1. The molecule has 1 saturated heterocycles. The number of halogens is 2. The summed E-state index contributed by atoms with van der Waals surface area (Å²) in [4.78, 5) is 38.7. The van der Waals surface area contributed by atoms with Gasteiger partial charge in [-0.3, -0.25) is 24.6 Å². The summed E-state index contributed by atoms with van der Waals surface area (Å²) < 4.78 is 13.0. The lowest BCUT2D eigenvalue weighted by Crippen LogP contribution is -2.50. The highest BCUT2D eigenvalue weighted by atomic mass is 35.5. The van der Waals surface area contributed by atoms with Crippen LogP contribution < -0.4 is 5.32 Å². The van der Waals surface area contributed by atoms with Crippen LogP contribution in [0.3, 0.4) is 0 Å². The molecule has 1 fully saturated rings. The number of carbonyl (C=O) groups is 2. The number of hydrogen-bond acceptors (Lipinski definition) is 5. The first kappa shape index (κ1) is 20.7. The number of rotatable bonds is 5. The number of nitrogens with zero attached hydrogens (tertiary/aromatic N) is 3. The zero-order valence-corrected chi connectivity index (χ0v) is 16.1. The van der Waals surface area contributed by atoms with Crippen LogP contribution >= 0.6 is 11.6 Å². The van der Waals surface area contributed by atoms with Crippen molar-refractivity contribution in [3.63, 3.8) is 0 Å². The van der Waals surface area contributed by atoms with E-state index in [-0.39, 0.29) is 28.8 Å². The molecule has 8 nitrogen and oxygen atoms in total. The third-order valence-electron chi connectivity index (χ3n) is 4.55. The van der Waals surface area contributed by atoms with Crippen molar-refractivity contribution in [3.8, 4) is 0 Å². The number of hydrogen-bond donors (Lipinski definition) is 1. The second kappa shape index (κ2) is 8.97. The van der Waals surface area contributed by atoms with Gasteiger partial charge in [0.25, 0.3) is 11.6 Å². The normalized spacial score (nSPS) is 14.5. The second-order valence-corrected chi connectivity index (χ2v) is 6.98. The van der Waals surface area contributed by atoms with Gasteiger partial charge in [-0.1, -0.05) is 11.6 Å². The van der Waals surface area contributed by atoms with Crippen LogP contribution in [-0.4, -0.2) is 59.3 Å². The van der Waals surface area contributed by atoms with Gasteiger partial charge in [-0.15, -0.1) is 0 Å². The average Bonchev–Trinajstić information content (AvgIpc) is 2.70. The van der Waals surface area contributed by atoms with E-state index in [1.165, 1.54) is 42.5 Å². The van der Waals surface area contributed by atoms with Gasteiger partial charge in [-0.2, -0.15) is 0 Å². The SMILES string of the molecule is O=C(CN1CCN(C(=O)c2ccc(F)cc2)CC1)Nc1ccc(Cl)cc1[N+](=O)[O-]. The Morgan fingerprint density at radius 2 is 1.76 bits per heavy atom. The number of nitro benzene ring substituents is 1. The van der Waals surface area contributed by atoms with E-state index in [4.69, 9.17) is 11.6 Å². The molecule has 0 unspecified atom stereocenters. The predicted molar refractivity (Wildman–Crippen MR) is 105 cm³/mol. The molecular formula is C19H18ClFN4O4. The third-order valence-corrected chi connectivity index (χ3v) is 4.78. The van der Waals surface area contributed by atoms with Gasteiger partial charge in [-0.05, 0) is 36.4 Å². The Morgan fingerprint density at radius 3 is 2.38 bits per heavy atom. The monoisotopic (exact) mass is 420 g/mol. The number of nitro groups is 1. The molecule has 0 aliphatic carbocycles. The quantitative estimate of drug-likeness (QED) is 0.592. The standard InChI is InChI=1S/C19H18ClFN4O4/c20-14-3-6-16(17(11-14)25(28)29)22-18(26)12-23-7-9-24(10-8-23)19(27)13-1-4-15(21)5-2-13/h1-6,11H,7-10,12H2,(H,22,26). The van der Waals surface area contributed by atoms with Crippen molar-refractivity contribution in [1.29, 1.82) is 0 Å². The van der Waals surface area contributed by atoms with Gasteiger partial charge in [0.1, 0.15) is 11.5 Å². The molecule has 2 amide bonds. The van der Waals surface area contributed by atoms with Gasteiger partial charge in [0.05, 0.1) is 11.5 Å². The molecular weight excluding hydrogens is 403 g/mol. The van der Waals surface area contributed by atoms with Crippen LogP contribution in [0.15, 0.2) is 42.5 Å².